The molecule has 10 heteroatoms. The first-order valence-electron chi connectivity index (χ1n) is 7.99. The number of aromatic hydroxyl groups is 1. The number of nitro groups is 2. The molecule has 0 aromatic heterocycles. The summed E-state index contributed by atoms with van der Waals surface area (Å²) in [6, 6.07) is 11.2. The first-order chi connectivity index (χ1) is 13.7. The highest BCUT2D eigenvalue weighted by Crippen LogP contribution is 2.31. The predicted molar refractivity (Wildman–Crippen MR) is 97.8 cm³/mol. The molecule has 0 unspecified atom stereocenters. The fraction of sp³-hybridized carbons (Fsp3) is 0. The van der Waals surface area contributed by atoms with Crippen molar-refractivity contribution in [2.24, 2.45) is 0 Å². The Morgan fingerprint density at radius 1 is 0.862 bits per heavy atom. The highest BCUT2D eigenvalue weighted by Gasteiger charge is 2.22. The second-order valence-electron chi connectivity index (χ2n) is 5.82. The van der Waals surface area contributed by atoms with Crippen molar-refractivity contribution in [3.63, 3.8) is 0 Å². The van der Waals surface area contributed by atoms with Gasteiger partial charge < -0.3 is 9.84 Å². The third kappa shape index (κ3) is 4.33. The average molecular weight is 398 g/mol. The van der Waals surface area contributed by atoms with Gasteiger partial charge in [0.2, 0.25) is 0 Å². The molecule has 9 nitrogen and oxygen atoms in total. The van der Waals surface area contributed by atoms with Gasteiger partial charge in [-0.2, -0.15) is 0 Å². The van der Waals surface area contributed by atoms with Gasteiger partial charge in [-0.3, -0.25) is 25.0 Å². The smallest absolute Gasteiger partial charge is 0.277 e. The van der Waals surface area contributed by atoms with Crippen molar-refractivity contribution in [2.45, 2.75) is 0 Å². The van der Waals surface area contributed by atoms with Crippen molar-refractivity contribution >= 4 is 17.2 Å². The quantitative estimate of drug-likeness (QED) is 0.370. The Labute approximate surface area is 161 Å². The Kier molecular flexibility index (Phi) is 5.17. The van der Waals surface area contributed by atoms with Gasteiger partial charge in [-0.1, -0.05) is 0 Å². The van der Waals surface area contributed by atoms with Gasteiger partial charge in [0.15, 0.2) is 5.78 Å². The van der Waals surface area contributed by atoms with Gasteiger partial charge in [0.05, 0.1) is 21.5 Å². The predicted octanol–water partition coefficient (Wildman–Crippen LogP) is 4.37. The number of nitro benzene ring substituents is 2. The number of halogens is 1. The van der Waals surface area contributed by atoms with Gasteiger partial charge in [0.1, 0.15) is 23.1 Å². The largest absolute Gasteiger partial charge is 0.507 e. The zero-order valence-corrected chi connectivity index (χ0v) is 14.4. The van der Waals surface area contributed by atoms with Crippen molar-refractivity contribution < 1.29 is 28.9 Å². The lowest BCUT2D eigenvalue weighted by Gasteiger charge is -2.09. The van der Waals surface area contributed by atoms with E-state index >= 15 is 0 Å². The number of phenolic OH excluding ortho intramolecular Hbond substituents is 1. The summed E-state index contributed by atoms with van der Waals surface area (Å²) in [7, 11) is 0. The number of ketones is 1. The molecule has 0 radical (unpaired) electrons. The van der Waals surface area contributed by atoms with Crippen LogP contribution in [0.1, 0.15) is 15.9 Å². The van der Waals surface area contributed by atoms with Crippen LogP contribution >= 0.6 is 0 Å². The van der Waals surface area contributed by atoms with Crippen molar-refractivity contribution in [1.29, 1.82) is 0 Å². The third-order valence-corrected chi connectivity index (χ3v) is 3.85. The third-order valence-electron chi connectivity index (χ3n) is 3.85. The molecular weight excluding hydrogens is 387 g/mol. The molecule has 0 aliphatic carbocycles. The van der Waals surface area contributed by atoms with E-state index in [9.17, 15) is 34.5 Å². The highest BCUT2D eigenvalue weighted by atomic mass is 19.1. The summed E-state index contributed by atoms with van der Waals surface area (Å²) in [6.45, 7) is 0. The lowest BCUT2D eigenvalue weighted by atomic mass is 10.0. The van der Waals surface area contributed by atoms with Crippen LogP contribution in [0.2, 0.25) is 0 Å². The number of non-ortho nitro benzene ring substituents is 2. The number of carbonyl (C=O) groups excluding carboxylic acids is 1. The number of carbonyl (C=O) groups is 1. The maximum Gasteiger partial charge on any atom is 0.277 e. The van der Waals surface area contributed by atoms with Crippen molar-refractivity contribution in [2.75, 3.05) is 0 Å². The SMILES string of the molecule is O=C(c1cc([N+](=O)[O-])cc([N+](=O)[O-])c1)c1cc(Oc2ccc(F)cc2)ccc1O. The summed E-state index contributed by atoms with van der Waals surface area (Å²) in [4.78, 5) is 33.1. The molecule has 0 aliphatic heterocycles. The Balaban J connectivity index is 1.99. The van der Waals surface area contributed by atoms with Crippen LogP contribution < -0.4 is 4.74 Å². The van der Waals surface area contributed by atoms with Crippen LogP contribution in [0, 0.1) is 26.0 Å². The molecule has 3 aromatic carbocycles. The molecule has 146 valence electrons. The number of rotatable bonds is 6. The summed E-state index contributed by atoms with van der Waals surface area (Å²) in [5, 5.41) is 32.1. The maximum absolute atomic E-state index is 13.0. The van der Waals surface area contributed by atoms with Crippen LogP contribution in [0.3, 0.4) is 0 Å². The fourth-order valence-corrected chi connectivity index (χ4v) is 2.49. The zero-order chi connectivity index (χ0) is 21.1. The second kappa shape index (κ2) is 7.72. The highest BCUT2D eigenvalue weighted by molar-refractivity contribution is 6.11. The van der Waals surface area contributed by atoms with E-state index in [-0.39, 0.29) is 22.6 Å². The topological polar surface area (TPSA) is 133 Å². The minimum absolute atomic E-state index is 0.123. The van der Waals surface area contributed by atoms with Crippen LogP contribution in [0.15, 0.2) is 60.7 Å². The minimum atomic E-state index is -0.876. The number of ether oxygens (including phenoxy) is 1. The van der Waals surface area contributed by atoms with E-state index in [1.807, 2.05) is 0 Å². The van der Waals surface area contributed by atoms with Crippen molar-refractivity contribution in [3.8, 4) is 17.2 Å². The van der Waals surface area contributed by atoms with Crippen LogP contribution in [0.25, 0.3) is 0 Å². The van der Waals surface area contributed by atoms with E-state index in [1.54, 1.807) is 0 Å². The molecule has 0 bridgehead atoms. The molecule has 29 heavy (non-hydrogen) atoms. The molecule has 0 spiro atoms. The van der Waals surface area contributed by atoms with Gasteiger partial charge in [-0.25, -0.2) is 4.39 Å². The maximum atomic E-state index is 13.0. The van der Waals surface area contributed by atoms with E-state index in [4.69, 9.17) is 4.74 Å². The zero-order valence-electron chi connectivity index (χ0n) is 14.4. The van der Waals surface area contributed by atoms with E-state index in [0.717, 1.165) is 24.3 Å². The minimum Gasteiger partial charge on any atom is -0.507 e. The van der Waals surface area contributed by atoms with E-state index in [1.165, 1.54) is 36.4 Å². The Bertz CT molecular complexity index is 1100. The summed E-state index contributed by atoms with van der Waals surface area (Å²) in [6.07, 6.45) is 0. The average Bonchev–Trinajstić information content (AvgIpc) is 2.70. The van der Waals surface area contributed by atoms with Gasteiger partial charge in [-0.15, -0.1) is 0 Å². The number of benzene rings is 3. The molecule has 0 atom stereocenters. The molecule has 3 rings (SSSR count). The van der Waals surface area contributed by atoms with Crippen LogP contribution in [-0.2, 0) is 0 Å². The molecule has 1 N–H and O–H groups in total. The number of nitrogens with zero attached hydrogens (tertiary/aromatic N) is 2. The number of hydrogen-bond acceptors (Lipinski definition) is 7. The number of hydrogen-bond donors (Lipinski definition) is 1. The van der Waals surface area contributed by atoms with Crippen LogP contribution in [-0.4, -0.2) is 20.7 Å². The Hall–Kier alpha value is -4.34. The van der Waals surface area contributed by atoms with Crippen LogP contribution in [0.5, 0.6) is 17.2 Å². The lowest BCUT2D eigenvalue weighted by Crippen LogP contribution is -2.04. The van der Waals surface area contributed by atoms with Crippen molar-refractivity contribution in [3.05, 3.63) is 97.8 Å². The molecular formula is C19H11FN2O7. The van der Waals surface area contributed by atoms with Crippen molar-refractivity contribution in [1.82, 2.24) is 0 Å². The van der Waals surface area contributed by atoms with E-state index in [2.05, 4.69) is 0 Å². The van der Waals surface area contributed by atoms with Crippen LogP contribution in [0.4, 0.5) is 15.8 Å². The Morgan fingerprint density at radius 2 is 1.41 bits per heavy atom. The van der Waals surface area contributed by atoms with E-state index < -0.39 is 38.6 Å². The van der Waals surface area contributed by atoms with Gasteiger partial charge in [0.25, 0.3) is 11.4 Å². The molecule has 0 aliphatic rings. The molecule has 0 fully saturated rings. The summed E-state index contributed by atoms with van der Waals surface area (Å²) in [5.41, 5.74) is -1.90. The molecule has 0 amide bonds. The molecule has 0 saturated heterocycles. The lowest BCUT2D eigenvalue weighted by molar-refractivity contribution is -0.394. The first kappa shape index (κ1) is 19.4. The molecule has 3 aromatic rings. The van der Waals surface area contributed by atoms with E-state index in [0.29, 0.717) is 0 Å². The fourth-order valence-electron chi connectivity index (χ4n) is 2.49. The summed E-state index contributed by atoms with van der Waals surface area (Å²) >= 11 is 0. The normalized spacial score (nSPS) is 10.4. The summed E-state index contributed by atoms with van der Waals surface area (Å²) < 4.78 is 18.5. The van der Waals surface area contributed by atoms with Gasteiger partial charge in [-0.05, 0) is 42.5 Å². The summed E-state index contributed by atoms with van der Waals surface area (Å²) in [5.74, 6) is -1.40. The standard InChI is InChI=1S/C19H11FN2O7/c20-12-1-3-15(4-2-12)29-16-5-6-18(23)17(10-16)19(24)11-7-13(21(25)26)9-14(8-11)22(27)28/h1-10,23H. The molecule has 0 saturated carbocycles. The Morgan fingerprint density at radius 3 is 1.97 bits per heavy atom. The van der Waals surface area contributed by atoms with Gasteiger partial charge in [0, 0.05) is 17.7 Å². The monoisotopic (exact) mass is 398 g/mol. The second-order valence-corrected chi connectivity index (χ2v) is 5.82. The van der Waals surface area contributed by atoms with Gasteiger partial charge >= 0.3 is 0 Å². The molecule has 0 heterocycles. The first-order valence-corrected chi connectivity index (χ1v) is 7.99. The number of phenols is 1.